The summed E-state index contributed by atoms with van der Waals surface area (Å²) in [6.45, 7) is 2.16. The molecule has 1 atom stereocenters. The number of amides is 1. The topological polar surface area (TPSA) is 54.0 Å². The average molecular weight is 283 g/mol. The summed E-state index contributed by atoms with van der Waals surface area (Å²) < 4.78 is 0. The summed E-state index contributed by atoms with van der Waals surface area (Å²) in [6.07, 6.45) is 7.57. The lowest BCUT2D eigenvalue weighted by atomic mass is 9.94. The van der Waals surface area contributed by atoms with Crippen LogP contribution in [0.3, 0.4) is 0 Å². The van der Waals surface area contributed by atoms with Crippen molar-refractivity contribution in [2.24, 2.45) is 5.92 Å². The fourth-order valence-corrected chi connectivity index (χ4v) is 2.94. The van der Waals surface area contributed by atoms with E-state index in [1.165, 1.54) is 12.8 Å². The molecular weight excluding hydrogens is 262 g/mol. The van der Waals surface area contributed by atoms with Crippen molar-refractivity contribution in [1.82, 2.24) is 10.3 Å². The molecule has 1 aromatic heterocycles. The molecule has 4 heteroatoms. The van der Waals surface area contributed by atoms with Gasteiger partial charge in [0.1, 0.15) is 0 Å². The molecule has 110 valence electrons. The van der Waals surface area contributed by atoms with Crippen LogP contribution in [-0.2, 0) is 4.79 Å². The molecule has 2 N–H and O–H groups in total. The van der Waals surface area contributed by atoms with E-state index in [1.54, 1.807) is 12.4 Å². The van der Waals surface area contributed by atoms with Gasteiger partial charge in [-0.05, 0) is 55.8 Å². The van der Waals surface area contributed by atoms with E-state index >= 15 is 0 Å². The van der Waals surface area contributed by atoms with Gasteiger partial charge in [-0.15, -0.1) is 0 Å². The fourth-order valence-electron chi connectivity index (χ4n) is 2.94. The van der Waals surface area contributed by atoms with Gasteiger partial charge in [0.2, 0.25) is 5.91 Å². The number of hydrogen-bond acceptors (Lipinski definition) is 3. The number of carbonyl (C=O) groups excluding carboxylic acids is 1. The number of rotatable bonds is 4. The highest BCUT2D eigenvalue weighted by atomic mass is 16.1. The van der Waals surface area contributed by atoms with Gasteiger partial charge >= 0.3 is 0 Å². The van der Waals surface area contributed by atoms with Gasteiger partial charge in [-0.25, -0.2) is 0 Å². The van der Waals surface area contributed by atoms with Crippen molar-refractivity contribution < 1.29 is 4.79 Å². The molecule has 2 aromatic rings. The van der Waals surface area contributed by atoms with E-state index in [0.717, 1.165) is 36.0 Å². The van der Waals surface area contributed by atoms with E-state index in [1.807, 2.05) is 24.3 Å². The second-order valence-corrected chi connectivity index (χ2v) is 5.70. The molecule has 0 saturated carbocycles. The van der Waals surface area contributed by atoms with Crippen molar-refractivity contribution in [3.05, 3.63) is 36.7 Å². The molecule has 1 aliphatic heterocycles. The number of aromatic nitrogens is 1. The highest BCUT2D eigenvalue weighted by Gasteiger charge is 2.14. The van der Waals surface area contributed by atoms with Crippen molar-refractivity contribution >= 4 is 22.4 Å². The smallest absolute Gasteiger partial charge is 0.224 e. The van der Waals surface area contributed by atoms with E-state index in [-0.39, 0.29) is 5.91 Å². The Bertz CT molecular complexity index is 615. The van der Waals surface area contributed by atoms with Gasteiger partial charge in [-0.1, -0.05) is 12.1 Å². The molecule has 1 aliphatic rings. The number of fused-ring (bicyclic) bond motifs is 1. The lowest BCUT2D eigenvalue weighted by Crippen LogP contribution is -2.30. The van der Waals surface area contributed by atoms with Crippen molar-refractivity contribution in [2.45, 2.75) is 25.7 Å². The van der Waals surface area contributed by atoms with E-state index in [4.69, 9.17) is 0 Å². The van der Waals surface area contributed by atoms with E-state index < -0.39 is 0 Å². The van der Waals surface area contributed by atoms with Crippen LogP contribution in [-0.4, -0.2) is 24.0 Å². The third kappa shape index (κ3) is 3.58. The molecule has 1 saturated heterocycles. The van der Waals surface area contributed by atoms with Crippen LogP contribution in [0.15, 0.2) is 36.7 Å². The zero-order valence-corrected chi connectivity index (χ0v) is 12.1. The molecule has 1 aromatic carbocycles. The van der Waals surface area contributed by atoms with Gasteiger partial charge < -0.3 is 10.6 Å². The SMILES string of the molecule is O=C(CCC1CCCNC1)Nc1cccc2ccncc12. The minimum absolute atomic E-state index is 0.0944. The van der Waals surface area contributed by atoms with Crippen molar-refractivity contribution in [2.75, 3.05) is 18.4 Å². The second kappa shape index (κ2) is 6.68. The number of nitrogens with one attached hydrogen (secondary N) is 2. The van der Waals surface area contributed by atoms with E-state index in [2.05, 4.69) is 15.6 Å². The Balaban J connectivity index is 1.61. The van der Waals surface area contributed by atoms with Gasteiger partial charge in [0.15, 0.2) is 0 Å². The summed E-state index contributed by atoms with van der Waals surface area (Å²) >= 11 is 0. The molecule has 1 amide bonds. The van der Waals surface area contributed by atoms with Crippen molar-refractivity contribution in [1.29, 1.82) is 0 Å². The number of carbonyl (C=O) groups is 1. The van der Waals surface area contributed by atoms with Gasteiger partial charge in [-0.3, -0.25) is 9.78 Å². The third-order valence-electron chi connectivity index (χ3n) is 4.14. The van der Waals surface area contributed by atoms with Crippen molar-refractivity contribution in [3.8, 4) is 0 Å². The van der Waals surface area contributed by atoms with E-state index in [9.17, 15) is 4.79 Å². The number of pyridine rings is 1. The molecule has 0 spiro atoms. The Kier molecular flexibility index (Phi) is 4.46. The highest BCUT2D eigenvalue weighted by molar-refractivity contribution is 6.01. The van der Waals surface area contributed by atoms with Crippen LogP contribution in [0, 0.1) is 5.92 Å². The third-order valence-corrected chi connectivity index (χ3v) is 4.14. The Morgan fingerprint density at radius 2 is 2.33 bits per heavy atom. The zero-order valence-electron chi connectivity index (χ0n) is 12.1. The molecule has 4 nitrogen and oxygen atoms in total. The summed E-state index contributed by atoms with van der Waals surface area (Å²) in [5.41, 5.74) is 0.854. The van der Waals surface area contributed by atoms with Crippen LogP contribution < -0.4 is 10.6 Å². The van der Waals surface area contributed by atoms with Gasteiger partial charge in [0.05, 0.1) is 5.69 Å². The van der Waals surface area contributed by atoms with Crippen LogP contribution in [0.5, 0.6) is 0 Å². The minimum atomic E-state index is 0.0944. The number of hydrogen-bond donors (Lipinski definition) is 2. The largest absolute Gasteiger partial charge is 0.325 e. The normalized spacial score (nSPS) is 18.6. The second-order valence-electron chi connectivity index (χ2n) is 5.70. The first-order valence-electron chi connectivity index (χ1n) is 7.66. The molecule has 0 bridgehead atoms. The van der Waals surface area contributed by atoms with Crippen LogP contribution in [0.25, 0.3) is 10.8 Å². The quantitative estimate of drug-likeness (QED) is 0.907. The lowest BCUT2D eigenvalue weighted by Gasteiger charge is -2.22. The zero-order chi connectivity index (χ0) is 14.5. The Labute approximate surface area is 125 Å². The molecule has 2 heterocycles. The first kappa shape index (κ1) is 14.0. The first-order valence-corrected chi connectivity index (χ1v) is 7.66. The van der Waals surface area contributed by atoms with Crippen molar-refractivity contribution in [3.63, 3.8) is 0 Å². The maximum absolute atomic E-state index is 12.1. The molecular formula is C17H21N3O. The minimum Gasteiger partial charge on any atom is -0.325 e. The molecule has 1 unspecified atom stereocenters. The number of benzene rings is 1. The van der Waals surface area contributed by atoms with E-state index in [0.29, 0.717) is 12.3 Å². The molecule has 0 radical (unpaired) electrons. The predicted octanol–water partition coefficient (Wildman–Crippen LogP) is 2.95. The van der Waals surface area contributed by atoms with Gasteiger partial charge in [0.25, 0.3) is 0 Å². The number of anilines is 1. The van der Waals surface area contributed by atoms with Gasteiger partial charge in [0, 0.05) is 24.2 Å². The molecule has 3 rings (SSSR count). The monoisotopic (exact) mass is 283 g/mol. The summed E-state index contributed by atoms with van der Waals surface area (Å²) in [4.78, 5) is 16.3. The van der Waals surface area contributed by atoms with Crippen LogP contribution in [0.2, 0.25) is 0 Å². The summed E-state index contributed by atoms with van der Waals surface area (Å²) in [5, 5.41) is 8.51. The Hall–Kier alpha value is -1.94. The Morgan fingerprint density at radius 3 is 3.19 bits per heavy atom. The van der Waals surface area contributed by atoms with Gasteiger partial charge in [-0.2, -0.15) is 0 Å². The molecule has 1 fully saturated rings. The van der Waals surface area contributed by atoms with Crippen LogP contribution >= 0.6 is 0 Å². The van der Waals surface area contributed by atoms with Crippen LogP contribution in [0.1, 0.15) is 25.7 Å². The number of piperidine rings is 1. The van der Waals surface area contributed by atoms with Crippen LogP contribution in [0.4, 0.5) is 5.69 Å². The fraction of sp³-hybridized carbons (Fsp3) is 0.412. The lowest BCUT2D eigenvalue weighted by molar-refractivity contribution is -0.116. The molecule has 0 aliphatic carbocycles. The Morgan fingerprint density at radius 1 is 1.38 bits per heavy atom. The maximum Gasteiger partial charge on any atom is 0.224 e. The number of nitrogens with zero attached hydrogens (tertiary/aromatic N) is 1. The highest BCUT2D eigenvalue weighted by Crippen LogP contribution is 2.23. The predicted molar refractivity (Wildman–Crippen MR) is 85.2 cm³/mol. The standard InChI is InChI=1S/C17H21N3O/c21-17(7-6-13-3-2-9-18-11-13)20-16-5-1-4-14-8-10-19-12-15(14)16/h1,4-5,8,10,12-13,18H,2-3,6-7,9,11H2,(H,20,21). The maximum atomic E-state index is 12.1. The average Bonchev–Trinajstić information content (AvgIpc) is 2.54. The first-order chi connectivity index (χ1) is 10.3. The molecule has 21 heavy (non-hydrogen) atoms. The summed E-state index contributed by atoms with van der Waals surface area (Å²) in [5.74, 6) is 0.732. The summed E-state index contributed by atoms with van der Waals surface area (Å²) in [7, 11) is 0. The summed E-state index contributed by atoms with van der Waals surface area (Å²) in [6, 6.07) is 7.88.